The number of hydrogen-bond acceptors (Lipinski definition) is 2. The molecule has 0 aromatic carbocycles. The summed E-state index contributed by atoms with van der Waals surface area (Å²) in [5.74, 6) is -0.328. The molecule has 0 aliphatic carbocycles. The van der Waals surface area contributed by atoms with Crippen LogP contribution in [0.25, 0.3) is 0 Å². The molecular weight excluding hydrogens is 217 g/mol. The Morgan fingerprint density at radius 3 is 2.93 bits per heavy atom. The quantitative estimate of drug-likeness (QED) is 0.791. The highest BCUT2D eigenvalue weighted by Crippen LogP contribution is 2.13. The number of aliphatic hydroxyl groups is 1. The van der Waals surface area contributed by atoms with Gasteiger partial charge in [0.2, 0.25) is 0 Å². The van der Waals surface area contributed by atoms with Gasteiger partial charge in [0.25, 0.3) is 0 Å². The second kappa shape index (κ2) is 6.03. The van der Waals surface area contributed by atoms with Crippen molar-refractivity contribution in [2.75, 3.05) is 0 Å². The van der Waals surface area contributed by atoms with Gasteiger partial charge in [0.15, 0.2) is 0 Å². The van der Waals surface area contributed by atoms with E-state index in [4.69, 9.17) is 11.6 Å². The molecule has 1 rings (SSSR count). The van der Waals surface area contributed by atoms with Crippen LogP contribution in [0.2, 0.25) is 5.15 Å². The normalized spacial score (nSPS) is 12.8. The first-order chi connectivity index (χ1) is 7.13. The van der Waals surface area contributed by atoms with E-state index >= 15 is 0 Å². The molecule has 2 nitrogen and oxygen atoms in total. The molecule has 15 heavy (non-hydrogen) atoms. The van der Waals surface area contributed by atoms with Crippen molar-refractivity contribution in [1.29, 1.82) is 0 Å². The topological polar surface area (TPSA) is 33.1 Å². The van der Waals surface area contributed by atoms with E-state index in [0.717, 1.165) is 12.8 Å². The molecule has 0 radical (unpaired) electrons. The summed E-state index contributed by atoms with van der Waals surface area (Å²) in [7, 11) is 0. The summed E-state index contributed by atoms with van der Waals surface area (Å²) in [6.45, 7) is 1.92. The molecule has 1 aromatic rings. The lowest BCUT2D eigenvalue weighted by Gasteiger charge is -2.07. The van der Waals surface area contributed by atoms with Crippen LogP contribution >= 0.6 is 11.6 Å². The third-order valence-corrected chi connectivity index (χ3v) is 2.52. The fourth-order valence-corrected chi connectivity index (χ4v) is 1.51. The van der Waals surface area contributed by atoms with E-state index in [1.165, 1.54) is 12.1 Å². The molecule has 1 heterocycles. The van der Waals surface area contributed by atoms with Crippen LogP contribution in [-0.2, 0) is 6.42 Å². The van der Waals surface area contributed by atoms with E-state index in [2.05, 4.69) is 4.98 Å². The summed E-state index contributed by atoms with van der Waals surface area (Å²) in [5.41, 5.74) is 0.380. The number of aryl methyl sites for hydroxylation is 1. The van der Waals surface area contributed by atoms with Crippen molar-refractivity contribution < 1.29 is 9.50 Å². The zero-order chi connectivity index (χ0) is 11.3. The Kier molecular flexibility index (Phi) is 4.99. The molecule has 0 amide bonds. The van der Waals surface area contributed by atoms with Gasteiger partial charge < -0.3 is 5.11 Å². The predicted octanol–water partition coefficient (Wildman–Crippen LogP) is 2.97. The molecule has 0 fully saturated rings. The third kappa shape index (κ3) is 4.14. The van der Waals surface area contributed by atoms with Crippen molar-refractivity contribution >= 4 is 11.6 Å². The summed E-state index contributed by atoms with van der Waals surface area (Å²) in [5, 5.41) is 9.63. The molecule has 1 N–H and O–H groups in total. The largest absolute Gasteiger partial charge is 0.393 e. The lowest BCUT2D eigenvalue weighted by Crippen LogP contribution is -2.05. The molecule has 4 heteroatoms. The van der Waals surface area contributed by atoms with E-state index in [0.29, 0.717) is 23.7 Å². The second-order valence-electron chi connectivity index (χ2n) is 3.52. The molecule has 0 aliphatic rings. The maximum absolute atomic E-state index is 13.2. The van der Waals surface area contributed by atoms with Crippen LogP contribution in [0.4, 0.5) is 4.39 Å². The molecule has 84 valence electrons. The van der Waals surface area contributed by atoms with Gasteiger partial charge in [-0.05, 0) is 37.8 Å². The molecule has 0 aliphatic heterocycles. The highest BCUT2D eigenvalue weighted by molar-refractivity contribution is 6.29. The van der Waals surface area contributed by atoms with Gasteiger partial charge >= 0.3 is 0 Å². The van der Waals surface area contributed by atoms with Gasteiger partial charge in [0, 0.05) is 0 Å². The van der Waals surface area contributed by atoms with Crippen LogP contribution in [0.3, 0.4) is 0 Å². The summed E-state index contributed by atoms with van der Waals surface area (Å²) in [6.07, 6.45) is 2.34. The number of rotatable bonds is 5. The monoisotopic (exact) mass is 231 g/mol. The molecule has 1 aromatic heterocycles. The van der Waals surface area contributed by atoms with Gasteiger partial charge in [-0.15, -0.1) is 0 Å². The highest BCUT2D eigenvalue weighted by Gasteiger charge is 2.06. The fraction of sp³-hybridized carbons (Fsp3) is 0.545. The minimum absolute atomic E-state index is 0.299. The number of aliphatic hydroxyl groups excluding tert-OH is 1. The molecule has 0 bridgehead atoms. The van der Waals surface area contributed by atoms with Gasteiger partial charge in [0.1, 0.15) is 11.0 Å². The van der Waals surface area contributed by atoms with Crippen LogP contribution in [0, 0.1) is 5.82 Å². The van der Waals surface area contributed by atoms with E-state index in [9.17, 15) is 9.50 Å². The molecule has 1 atom stereocenters. The minimum atomic E-state index is -0.328. The minimum Gasteiger partial charge on any atom is -0.393 e. The maximum Gasteiger partial charge on any atom is 0.144 e. The number of hydrogen-bond donors (Lipinski definition) is 1. The van der Waals surface area contributed by atoms with Crippen LogP contribution < -0.4 is 0 Å². The zero-order valence-electron chi connectivity index (χ0n) is 8.71. The first kappa shape index (κ1) is 12.4. The lowest BCUT2D eigenvalue weighted by atomic mass is 10.1. The second-order valence-corrected chi connectivity index (χ2v) is 3.90. The Hall–Kier alpha value is -0.670. The van der Waals surface area contributed by atoms with E-state index < -0.39 is 0 Å². The van der Waals surface area contributed by atoms with Crippen LogP contribution in [0.1, 0.15) is 31.9 Å². The molecule has 0 saturated heterocycles. The zero-order valence-corrected chi connectivity index (χ0v) is 9.47. The van der Waals surface area contributed by atoms with Crippen molar-refractivity contribution in [1.82, 2.24) is 4.98 Å². The standard InChI is InChI=1S/C11H15ClFNO/c1-2-8(15)4-3-5-10-9(13)6-7-11(12)14-10/h6-8,15H,2-5H2,1H3/t8-/m1/s1. The molecular formula is C11H15ClFNO. The number of aromatic nitrogens is 1. The Labute approximate surface area is 94.1 Å². The summed E-state index contributed by atoms with van der Waals surface area (Å²) < 4.78 is 13.2. The van der Waals surface area contributed by atoms with Crippen LogP contribution in [0.5, 0.6) is 0 Å². The Balaban J connectivity index is 2.46. The smallest absolute Gasteiger partial charge is 0.144 e. The first-order valence-electron chi connectivity index (χ1n) is 5.12. The number of pyridine rings is 1. The lowest BCUT2D eigenvalue weighted by molar-refractivity contribution is 0.157. The Bertz CT molecular complexity index is 319. The molecule has 0 saturated carbocycles. The average molecular weight is 232 g/mol. The average Bonchev–Trinajstić information content (AvgIpc) is 2.23. The van der Waals surface area contributed by atoms with Crippen LogP contribution in [-0.4, -0.2) is 16.2 Å². The van der Waals surface area contributed by atoms with Crippen molar-refractivity contribution in [3.63, 3.8) is 0 Å². The first-order valence-corrected chi connectivity index (χ1v) is 5.50. The molecule has 0 unspecified atom stereocenters. The fourth-order valence-electron chi connectivity index (χ4n) is 1.34. The molecule has 0 spiro atoms. The Morgan fingerprint density at radius 2 is 2.27 bits per heavy atom. The number of halogens is 2. The van der Waals surface area contributed by atoms with Crippen molar-refractivity contribution in [2.45, 2.75) is 38.7 Å². The van der Waals surface area contributed by atoms with Gasteiger partial charge in [0.05, 0.1) is 11.8 Å². The summed E-state index contributed by atoms with van der Waals surface area (Å²) in [6, 6.07) is 2.75. The third-order valence-electron chi connectivity index (χ3n) is 2.31. The SMILES string of the molecule is CC[C@@H](O)CCCc1nc(Cl)ccc1F. The van der Waals surface area contributed by atoms with Crippen molar-refractivity contribution in [2.24, 2.45) is 0 Å². The van der Waals surface area contributed by atoms with Gasteiger partial charge in [-0.3, -0.25) is 0 Å². The van der Waals surface area contributed by atoms with Crippen molar-refractivity contribution in [3.05, 3.63) is 28.8 Å². The van der Waals surface area contributed by atoms with Crippen molar-refractivity contribution in [3.8, 4) is 0 Å². The Morgan fingerprint density at radius 1 is 1.53 bits per heavy atom. The van der Waals surface area contributed by atoms with Gasteiger partial charge in [-0.25, -0.2) is 9.37 Å². The van der Waals surface area contributed by atoms with E-state index in [-0.39, 0.29) is 11.9 Å². The highest BCUT2D eigenvalue weighted by atomic mass is 35.5. The maximum atomic E-state index is 13.2. The summed E-state index contributed by atoms with van der Waals surface area (Å²) in [4.78, 5) is 3.90. The van der Waals surface area contributed by atoms with Gasteiger partial charge in [-0.1, -0.05) is 18.5 Å². The van der Waals surface area contributed by atoms with E-state index in [1.807, 2.05) is 6.92 Å². The number of nitrogens with zero attached hydrogens (tertiary/aromatic N) is 1. The van der Waals surface area contributed by atoms with Gasteiger partial charge in [-0.2, -0.15) is 0 Å². The summed E-state index contributed by atoms with van der Waals surface area (Å²) >= 11 is 5.66. The van der Waals surface area contributed by atoms with E-state index in [1.54, 1.807) is 0 Å². The predicted molar refractivity (Wildman–Crippen MR) is 58.4 cm³/mol. The van der Waals surface area contributed by atoms with Crippen LogP contribution in [0.15, 0.2) is 12.1 Å².